The van der Waals surface area contributed by atoms with Gasteiger partial charge >= 0.3 is 0 Å². The predicted molar refractivity (Wildman–Crippen MR) is 97.9 cm³/mol. The van der Waals surface area contributed by atoms with Crippen molar-refractivity contribution >= 4 is 10.0 Å². The number of ether oxygens (including phenoxy) is 1. The van der Waals surface area contributed by atoms with Crippen molar-refractivity contribution in [3.05, 3.63) is 17.2 Å². The maximum atomic E-state index is 12.5. The lowest BCUT2D eigenvalue weighted by molar-refractivity contribution is 0.215. The maximum Gasteiger partial charge on any atom is 0.216 e. The van der Waals surface area contributed by atoms with Crippen molar-refractivity contribution in [3.63, 3.8) is 0 Å². The van der Waals surface area contributed by atoms with Crippen LogP contribution in [0.2, 0.25) is 0 Å². The molecule has 6 nitrogen and oxygen atoms in total. The van der Waals surface area contributed by atoms with Crippen molar-refractivity contribution in [2.24, 2.45) is 11.3 Å². The van der Waals surface area contributed by atoms with E-state index in [2.05, 4.69) is 25.3 Å². The maximum absolute atomic E-state index is 12.5. The minimum atomic E-state index is -3.28. The van der Waals surface area contributed by atoms with E-state index in [0.717, 1.165) is 36.8 Å². The van der Waals surface area contributed by atoms with Crippen molar-refractivity contribution in [1.29, 1.82) is 0 Å². The van der Waals surface area contributed by atoms with Gasteiger partial charge in [0.2, 0.25) is 10.0 Å². The average molecular weight is 370 g/mol. The molecule has 2 aliphatic rings. The van der Waals surface area contributed by atoms with Gasteiger partial charge in [0.15, 0.2) is 0 Å². The Bertz CT molecular complexity index is 715. The molecule has 1 aromatic rings. The van der Waals surface area contributed by atoms with Crippen LogP contribution in [0.5, 0.6) is 0 Å². The monoisotopic (exact) mass is 369 g/mol. The molecule has 1 aliphatic carbocycles. The number of methoxy groups -OCH3 is 1. The van der Waals surface area contributed by atoms with Crippen LogP contribution in [0, 0.1) is 11.3 Å². The highest BCUT2D eigenvalue weighted by Crippen LogP contribution is 2.34. The summed E-state index contributed by atoms with van der Waals surface area (Å²) in [4.78, 5) is 4.89. The molecule has 7 heteroatoms. The van der Waals surface area contributed by atoms with Crippen molar-refractivity contribution in [3.8, 4) is 0 Å². The third-order valence-corrected chi connectivity index (χ3v) is 6.70. The fraction of sp³-hybridized carbons (Fsp3) is 0.833. The number of imidazole rings is 1. The van der Waals surface area contributed by atoms with Crippen LogP contribution >= 0.6 is 0 Å². The summed E-state index contributed by atoms with van der Waals surface area (Å²) in [5, 5.41) is 0. The van der Waals surface area contributed by atoms with E-state index < -0.39 is 10.0 Å². The molecule has 0 unspecified atom stereocenters. The van der Waals surface area contributed by atoms with Crippen molar-refractivity contribution in [2.75, 3.05) is 26.0 Å². The van der Waals surface area contributed by atoms with Gasteiger partial charge in [-0.15, -0.1) is 0 Å². The zero-order valence-corrected chi connectivity index (χ0v) is 16.7. The van der Waals surface area contributed by atoms with Crippen molar-refractivity contribution in [1.82, 2.24) is 13.9 Å². The van der Waals surface area contributed by atoms with Crippen LogP contribution in [-0.4, -0.2) is 48.3 Å². The van der Waals surface area contributed by atoms with Gasteiger partial charge in [-0.25, -0.2) is 13.4 Å². The van der Waals surface area contributed by atoms with Crippen molar-refractivity contribution in [2.45, 2.75) is 59.5 Å². The Kier molecular flexibility index (Phi) is 5.28. The van der Waals surface area contributed by atoms with Gasteiger partial charge in [-0.2, -0.15) is 4.31 Å². The van der Waals surface area contributed by atoms with Crippen molar-refractivity contribution < 1.29 is 13.2 Å². The molecule has 0 spiro atoms. The smallest absolute Gasteiger partial charge is 0.216 e. The van der Waals surface area contributed by atoms with Crippen LogP contribution in [0.3, 0.4) is 0 Å². The van der Waals surface area contributed by atoms with Gasteiger partial charge in [0.05, 0.1) is 24.6 Å². The minimum absolute atomic E-state index is 0.0382. The molecule has 1 aromatic heterocycles. The quantitative estimate of drug-likeness (QED) is 0.739. The van der Waals surface area contributed by atoms with Crippen LogP contribution in [0.4, 0.5) is 0 Å². The molecule has 3 rings (SSSR count). The van der Waals surface area contributed by atoms with E-state index in [1.54, 1.807) is 4.31 Å². The first-order valence-corrected chi connectivity index (χ1v) is 10.8. The highest BCUT2D eigenvalue weighted by Gasteiger charge is 2.33. The topological polar surface area (TPSA) is 64.4 Å². The minimum Gasteiger partial charge on any atom is -0.384 e. The fourth-order valence-corrected chi connectivity index (χ4v) is 4.74. The van der Waals surface area contributed by atoms with Gasteiger partial charge < -0.3 is 9.30 Å². The molecule has 0 amide bonds. The number of nitrogens with zero attached hydrogens (tertiary/aromatic N) is 3. The molecule has 2 heterocycles. The van der Waals surface area contributed by atoms with Gasteiger partial charge in [-0.1, -0.05) is 20.8 Å². The third-order valence-electron chi connectivity index (χ3n) is 4.92. The van der Waals surface area contributed by atoms with Crippen LogP contribution in [0.25, 0.3) is 0 Å². The molecule has 0 atom stereocenters. The number of aromatic nitrogens is 2. The standard InChI is InChI=1S/C18H31N3O3S/c1-18(2,3)11-17-19-15-13-20(25(22,23)10-9-24-4)8-7-16(15)21(17)12-14-5-6-14/h14H,5-13H2,1-4H3. The van der Waals surface area contributed by atoms with Gasteiger partial charge in [-0.3, -0.25) is 0 Å². The molecule has 1 fully saturated rings. The molecular weight excluding hydrogens is 338 g/mol. The Balaban J connectivity index is 1.84. The van der Waals surface area contributed by atoms with E-state index in [1.807, 2.05) is 0 Å². The second-order valence-electron chi connectivity index (χ2n) is 8.61. The van der Waals surface area contributed by atoms with E-state index in [-0.39, 0.29) is 17.8 Å². The van der Waals surface area contributed by atoms with E-state index in [1.165, 1.54) is 25.6 Å². The summed E-state index contributed by atoms with van der Waals surface area (Å²) >= 11 is 0. The summed E-state index contributed by atoms with van der Waals surface area (Å²) in [7, 11) is -1.75. The molecular formula is C18H31N3O3S. The normalized spacial score (nSPS) is 19.2. The van der Waals surface area contributed by atoms with Gasteiger partial charge in [0.25, 0.3) is 0 Å². The van der Waals surface area contributed by atoms with E-state index in [0.29, 0.717) is 13.1 Å². The van der Waals surface area contributed by atoms with Gasteiger partial charge in [-0.05, 0) is 24.2 Å². The van der Waals surface area contributed by atoms with E-state index >= 15 is 0 Å². The Labute approximate surface area is 151 Å². The molecule has 0 bridgehead atoms. The number of rotatable bonds is 7. The van der Waals surface area contributed by atoms with Gasteiger partial charge in [0.1, 0.15) is 5.82 Å². The number of fused-ring (bicyclic) bond motifs is 1. The van der Waals surface area contributed by atoms with Gasteiger partial charge in [0, 0.05) is 38.7 Å². The zero-order chi connectivity index (χ0) is 18.2. The lowest BCUT2D eigenvalue weighted by Gasteiger charge is -2.26. The van der Waals surface area contributed by atoms with Crippen LogP contribution in [0.1, 0.15) is 50.8 Å². The lowest BCUT2D eigenvalue weighted by Crippen LogP contribution is -2.38. The second-order valence-corrected chi connectivity index (χ2v) is 10.7. The summed E-state index contributed by atoms with van der Waals surface area (Å²) in [6.45, 7) is 8.90. The number of sulfonamides is 1. The van der Waals surface area contributed by atoms with Crippen LogP contribution in [-0.2, 0) is 40.7 Å². The SMILES string of the molecule is COCCS(=O)(=O)N1CCc2c(nc(CC(C)(C)C)n2CC2CC2)C1. The molecule has 1 saturated carbocycles. The summed E-state index contributed by atoms with van der Waals surface area (Å²) in [5.74, 6) is 1.94. The fourth-order valence-electron chi connectivity index (χ4n) is 3.41. The van der Waals surface area contributed by atoms with Crippen LogP contribution < -0.4 is 0 Å². The molecule has 0 aromatic carbocycles. The molecule has 0 N–H and O–H groups in total. The Hall–Kier alpha value is -0.920. The largest absolute Gasteiger partial charge is 0.384 e. The first-order chi connectivity index (χ1) is 11.7. The van der Waals surface area contributed by atoms with E-state index in [9.17, 15) is 8.42 Å². The predicted octanol–water partition coefficient (Wildman–Crippen LogP) is 2.22. The first-order valence-electron chi connectivity index (χ1n) is 9.23. The highest BCUT2D eigenvalue weighted by atomic mass is 32.2. The van der Waals surface area contributed by atoms with Crippen LogP contribution in [0.15, 0.2) is 0 Å². The molecule has 0 radical (unpaired) electrons. The first kappa shape index (κ1) is 18.9. The molecule has 1 aliphatic heterocycles. The summed E-state index contributed by atoms with van der Waals surface area (Å²) in [6, 6.07) is 0. The highest BCUT2D eigenvalue weighted by molar-refractivity contribution is 7.89. The zero-order valence-electron chi connectivity index (χ0n) is 15.9. The number of hydrogen-bond donors (Lipinski definition) is 0. The third kappa shape index (κ3) is 4.63. The Morgan fingerprint density at radius 3 is 2.60 bits per heavy atom. The molecule has 25 heavy (non-hydrogen) atoms. The summed E-state index contributed by atoms with van der Waals surface area (Å²) in [6.07, 6.45) is 4.29. The Morgan fingerprint density at radius 1 is 1.28 bits per heavy atom. The Morgan fingerprint density at radius 2 is 2.00 bits per heavy atom. The second kappa shape index (κ2) is 7.00. The summed E-state index contributed by atoms with van der Waals surface area (Å²) < 4.78 is 33.9. The van der Waals surface area contributed by atoms with E-state index in [4.69, 9.17) is 9.72 Å². The summed E-state index contributed by atoms with van der Waals surface area (Å²) in [5.41, 5.74) is 2.37. The molecule has 142 valence electrons. The number of hydrogen-bond acceptors (Lipinski definition) is 4. The lowest BCUT2D eigenvalue weighted by atomic mass is 9.92. The molecule has 0 saturated heterocycles. The average Bonchev–Trinajstić information content (AvgIpc) is 3.27.